The summed E-state index contributed by atoms with van der Waals surface area (Å²) in [5.41, 5.74) is 2.52. The minimum absolute atomic E-state index is 0.0613. The van der Waals surface area contributed by atoms with E-state index >= 15 is 0 Å². The summed E-state index contributed by atoms with van der Waals surface area (Å²) in [6.07, 6.45) is 0. The van der Waals surface area contributed by atoms with Gasteiger partial charge in [-0.2, -0.15) is 0 Å². The van der Waals surface area contributed by atoms with E-state index in [9.17, 15) is 4.79 Å². The Morgan fingerprint density at radius 2 is 1.95 bits per heavy atom. The molecule has 1 aliphatic rings. The van der Waals surface area contributed by atoms with Gasteiger partial charge < -0.3 is 9.64 Å². The summed E-state index contributed by atoms with van der Waals surface area (Å²) in [4.78, 5) is 14.1. The number of nitrogens with zero attached hydrogens (tertiary/aromatic N) is 3. The molecule has 3 rings (SSSR count). The van der Waals surface area contributed by atoms with Gasteiger partial charge in [0.2, 0.25) is 0 Å². The topological polar surface area (TPSA) is 55.3 Å². The fourth-order valence-corrected chi connectivity index (χ4v) is 2.49. The number of carbonyl (C=O) groups is 1. The van der Waals surface area contributed by atoms with Crippen LogP contribution in [0, 0.1) is 0 Å². The fourth-order valence-electron chi connectivity index (χ4n) is 2.02. The molecule has 1 aliphatic heterocycles. The van der Waals surface area contributed by atoms with E-state index < -0.39 is 0 Å². The van der Waals surface area contributed by atoms with E-state index in [1.807, 2.05) is 34.5 Å². The molecule has 0 atom stereocenters. The zero-order chi connectivity index (χ0) is 13.1. The van der Waals surface area contributed by atoms with E-state index in [1.54, 1.807) is 0 Å². The molecule has 0 saturated carbocycles. The van der Waals surface area contributed by atoms with Crippen LogP contribution in [0.2, 0.25) is 0 Å². The highest BCUT2D eigenvalue weighted by molar-refractivity contribution is 7.03. The van der Waals surface area contributed by atoms with Crippen LogP contribution >= 0.6 is 11.5 Å². The van der Waals surface area contributed by atoms with Crippen molar-refractivity contribution in [2.24, 2.45) is 0 Å². The molecule has 19 heavy (non-hydrogen) atoms. The molecule has 1 aromatic heterocycles. The van der Waals surface area contributed by atoms with Gasteiger partial charge in [0.05, 0.1) is 13.2 Å². The highest BCUT2D eigenvalue weighted by Gasteiger charge is 2.18. The Morgan fingerprint density at radius 3 is 2.58 bits per heavy atom. The summed E-state index contributed by atoms with van der Waals surface area (Å²) in [6, 6.07) is 7.49. The SMILES string of the molecule is O=C(c1ccc(-c2csnn2)cc1)N1CCOCC1. The first-order chi connectivity index (χ1) is 9.34. The number of hydrogen-bond donors (Lipinski definition) is 0. The summed E-state index contributed by atoms with van der Waals surface area (Å²) >= 11 is 1.32. The zero-order valence-electron chi connectivity index (χ0n) is 10.3. The van der Waals surface area contributed by atoms with Crippen molar-refractivity contribution < 1.29 is 9.53 Å². The average molecular weight is 275 g/mol. The molecule has 5 nitrogen and oxygen atoms in total. The van der Waals surface area contributed by atoms with Crippen molar-refractivity contribution in [1.29, 1.82) is 0 Å². The highest BCUT2D eigenvalue weighted by Crippen LogP contribution is 2.19. The van der Waals surface area contributed by atoms with E-state index in [2.05, 4.69) is 9.59 Å². The third kappa shape index (κ3) is 2.64. The molecule has 1 fully saturated rings. The van der Waals surface area contributed by atoms with E-state index in [0.717, 1.165) is 11.3 Å². The van der Waals surface area contributed by atoms with Gasteiger partial charge in [-0.1, -0.05) is 16.6 Å². The molecule has 2 heterocycles. The first-order valence-corrected chi connectivity index (χ1v) is 6.93. The molecule has 0 unspecified atom stereocenters. The van der Waals surface area contributed by atoms with Crippen LogP contribution in [-0.2, 0) is 4.74 Å². The second kappa shape index (κ2) is 5.46. The van der Waals surface area contributed by atoms with Crippen molar-refractivity contribution in [1.82, 2.24) is 14.5 Å². The Labute approximate surface area is 115 Å². The molecular formula is C13H13N3O2S. The van der Waals surface area contributed by atoms with Crippen LogP contribution in [0.25, 0.3) is 11.3 Å². The predicted molar refractivity (Wildman–Crippen MR) is 72.1 cm³/mol. The Kier molecular flexibility index (Phi) is 3.52. The van der Waals surface area contributed by atoms with Crippen LogP contribution in [0.4, 0.5) is 0 Å². The Morgan fingerprint density at radius 1 is 1.21 bits per heavy atom. The third-order valence-corrected chi connectivity index (χ3v) is 3.59. The molecule has 0 bridgehead atoms. The zero-order valence-corrected chi connectivity index (χ0v) is 11.1. The number of amides is 1. The molecule has 2 aromatic rings. The molecule has 1 amide bonds. The second-order valence-corrected chi connectivity index (χ2v) is 4.88. The smallest absolute Gasteiger partial charge is 0.254 e. The maximum Gasteiger partial charge on any atom is 0.254 e. The van der Waals surface area contributed by atoms with Crippen LogP contribution in [0.15, 0.2) is 29.6 Å². The lowest BCUT2D eigenvalue weighted by molar-refractivity contribution is 0.0303. The van der Waals surface area contributed by atoms with Crippen LogP contribution in [0.1, 0.15) is 10.4 Å². The van der Waals surface area contributed by atoms with Crippen LogP contribution in [-0.4, -0.2) is 46.7 Å². The van der Waals surface area contributed by atoms with Crippen molar-refractivity contribution in [2.45, 2.75) is 0 Å². The average Bonchev–Trinajstić information content (AvgIpc) is 3.02. The first kappa shape index (κ1) is 12.3. The van der Waals surface area contributed by atoms with Gasteiger partial charge in [-0.25, -0.2) is 0 Å². The van der Waals surface area contributed by atoms with Crippen molar-refractivity contribution in [2.75, 3.05) is 26.3 Å². The van der Waals surface area contributed by atoms with Crippen molar-refractivity contribution in [3.63, 3.8) is 0 Å². The van der Waals surface area contributed by atoms with Crippen LogP contribution in [0.3, 0.4) is 0 Å². The van der Waals surface area contributed by atoms with Gasteiger partial charge in [0.15, 0.2) is 0 Å². The van der Waals surface area contributed by atoms with Gasteiger partial charge in [-0.05, 0) is 23.7 Å². The maximum atomic E-state index is 12.2. The Bertz CT molecular complexity index is 548. The minimum atomic E-state index is 0.0613. The fraction of sp³-hybridized carbons (Fsp3) is 0.308. The van der Waals surface area contributed by atoms with E-state index in [4.69, 9.17) is 4.74 Å². The molecule has 0 N–H and O–H groups in total. The maximum absolute atomic E-state index is 12.2. The number of carbonyl (C=O) groups excluding carboxylic acids is 1. The predicted octanol–water partition coefficient (Wildman–Crippen LogP) is 1.68. The number of ether oxygens (including phenoxy) is 1. The van der Waals surface area contributed by atoms with Crippen molar-refractivity contribution in [3.05, 3.63) is 35.2 Å². The summed E-state index contributed by atoms with van der Waals surface area (Å²) in [5, 5.41) is 5.90. The van der Waals surface area contributed by atoms with Gasteiger partial charge in [0.1, 0.15) is 5.69 Å². The molecule has 0 radical (unpaired) electrons. The van der Waals surface area contributed by atoms with Gasteiger partial charge >= 0.3 is 0 Å². The molecule has 1 saturated heterocycles. The number of hydrogen-bond acceptors (Lipinski definition) is 5. The quantitative estimate of drug-likeness (QED) is 0.836. The number of aromatic nitrogens is 2. The summed E-state index contributed by atoms with van der Waals surface area (Å²) in [5.74, 6) is 0.0613. The van der Waals surface area contributed by atoms with Gasteiger partial charge in [-0.15, -0.1) is 5.10 Å². The summed E-state index contributed by atoms with van der Waals surface area (Å²) in [6.45, 7) is 2.57. The second-order valence-electron chi connectivity index (χ2n) is 4.27. The summed E-state index contributed by atoms with van der Waals surface area (Å²) < 4.78 is 9.08. The largest absolute Gasteiger partial charge is 0.378 e. The van der Waals surface area contributed by atoms with Crippen molar-refractivity contribution in [3.8, 4) is 11.3 Å². The van der Waals surface area contributed by atoms with Gasteiger partial charge in [-0.3, -0.25) is 4.79 Å². The molecule has 0 aliphatic carbocycles. The van der Waals surface area contributed by atoms with E-state index in [-0.39, 0.29) is 5.91 Å². The van der Waals surface area contributed by atoms with Gasteiger partial charge in [0.25, 0.3) is 5.91 Å². The molecule has 1 aromatic carbocycles. The van der Waals surface area contributed by atoms with Crippen LogP contribution < -0.4 is 0 Å². The lowest BCUT2D eigenvalue weighted by Crippen LogP contribution is -2.40. The van der Waals surface area contributed by atoms with Crippen LogP contribution in [0.5, 0.6) is 0 Å². The lowest BCUT2D eigenvalue weighted by atomic mass is 10.1. The number of benzene rings is 1. The highest BCUT2D eigenvalue weighted by atomic mass is 32.1. The molecule has 98 valence electrons. The Hall–Kier alpha value is -1.79. The normalized spacial score (nSPS) is 15.5. The Balaban J connectivity index is 1.76. The lowest BCUT2D eigenvalue weighted by Gasteiger charge is -2.26. The molecular weight excluding hydrogens is 262 g/mol. The number of rotatable bonds is 2. The first-order valence-electron chi connectivity index (χ1n) is 6.09. The minimum Gasteiger partial charge on any atom is -0.378 e. The van der Waals surface area contributed by atoms with Crippen molar-refractivity contribution >= 4 is 17.4 Å². The summed E-state index contributed by atoms with van der Waals surface area (Å²) in [7, 11) is 0. The monoisotopic (exact) mass is 275 g/mol. The standard InChI is InChI=1S/C13H13N3O2S/c17-13(16-5-7-18-8-6-16)11-3-1-10(2-4-11)12-9-19-15-14-12/h1-4,9H,5-8H2. The molecule has 0 spiro atoms. The third-order valence-electron chi connectivity index (χ3n) is 3.09. The number of morpholine rings is 1. The van der Waals surface area contributed by atoms with Gasteiger partial charge in [0, 0.05) is 29.6 Å². The van der Waals surface area contributed by atoms with E-state index in [0.29, 0.717) is 31.9 Å². The van der Waals surface area contributed by atoms with E-state index in [1.165, 1.54) is 11.5 Å². The molecule has 6 heteroatoms.